The van der Waals surface area contributed by atoms with Crippen LogP contribution in [0.2, 0.25) is 0 Å². The average Bonchev–Trinajstić information content (AvgIpc) is 3.36. The topological polar surface area (TPSA) is 95.9 Å². The average molecular weight is 983 g/mol. The van der Waals surface area contributed by atoms with E-state index in [4.69, 9.17) is 4.74 Å². The molecule has 410 valence electrons. The van der Waals surface area contributed by atoms with Crippen molar-refractivity contribution in [3.8, 4) is 0 Å². The molecule has 0 fully saturated rings. The van der Waals surface area contributed by atoms with Crippen molar-refractivity contribution in [2.45, 2.75) is 334 Å². The van der Waals surface area contributed by atoms with Crippen molar-refractivity contribution >= 4 is 11.9 Å². The molecule has 2 atom stereocenters. The molecule has 0 spiro atoms. The minimum Gasteiger partial charge on any atom is -0.466 e. The fourth-order valence-corrected chi connectivity index (χ4v) is 9.31. The fourth-order valence-electron chi connectivity index (χ4n) is 9.31. The van der Waals surface area contributed by atoms with Crippen molar-refractivity contribution in [3.05, 3.63) is 48.6 Å². The Hall–Kier alpha value is -2.18. The second-order valence-electron chi connectivity index (χ2n) is 21.0. The first-order valence-electron chi connectivity index (χ1n) is 30.9. The number of hydrogen-bond donors (Lipinski definition) is 3. The zero-order valence-corrected chi connectivity index (χ0v) is 46.7. The number of ether oxygens (including phenoxy) is 1. The Balaban J connectivity index is 3.49. The molecular weight excluding hydrogens is 863 g/mol. The summed E-state index contributed by atoms with van der Waals surface area (Å²) in [6.07, 6.45) is 75.7. The van der Waals surface area contributed by atoms with Gasteiger partial charge in [-0.15, -0.1) is 0 Å². The van der Waals surface area contributed by atoms with Crippen LogP contribution in [0.5, 0.6) is 0 Å². The molecule has 0 heterocycles. The van der Waals surface area contributed by atoms with E-state index in [-0.39, 0.29) is 18.5 Å². The van der Waals surface area contributed by atoms with Gasteiger partial charge in [0.15, 0.2) is 0 Å². The molecule has 0 bridgehead atoms. The molecule has 0 aliphatic heterocycles. The lowest BCUT2D eigenvalue weighted by Gasteiger charge is -2.20. The first-order valence-corrected chi connectivity index (χ1v) is 30.9. The number of nitrogens with one attached hydrogen (secondary N) is 1. The predicted octanol–water partition coefficient (Wildman–Crippen LogP) is 19.4. The standard InChI is InChI=1S/C64H119NO5/c1-3-5-7-9-11-13-15-17-19-21-22-25-28-32-36-40-44-48-52-56-62(67)61(60-66)65-63(68)57-53-49-45-41-37-33-29-26-23-27-31-35-39-43-47-51-55-59-70-64(69)58-54-50-46-42-38-34-30-24-20-18-16-14-12-10-8-6-4-2/h12,14,18,20,23,27,52,56,61-62,66-67H,3-11,13,15-17,19,21-22,24-26,28-51,53-55,57-60H2,1-2H3,(H,65,68)/b14-12-,20-18-,27-23-,56-52+. The van der Waals surface area contributed by atoms with Gasteiger partial charge in [0.2, 0.25) is 5.91 Å². The van der Waals surface area contributed by atoms with E-state index in [1.807, 2.05) is 6.08 Å². The second kappa shape index (κ2) is 59.4. The molecule has 0 aromatic rings. The van der Waals surface area contributed by atoms with Gasteiger partial charge in [-0.05, 0) is 89.9 Å². The second-order valence-corrected chi connectivity index (χ2v) is 21.0. The van der Waals surface area contributed by atoms with Crippen LogP contribution in [0.3, 0.4) is 0 Å². The van der Waals surface area contributed by atoms with Gasteiger partial charge in [-0.2, -0.15) is 0 Å². The van der Waals surface area contributed by atoms with E-state index in [2.05, 4.69) is 55.6 Å². The van der Waals surface area contributed by atoms with Gasteiger partial charge in [0.1, 0.15) is 0 Å². The molecule has 6 heteroatoms. The lowest BCUT2D eigenvalue weighted by atomic mass is 10.0. The van der Waals surface area contributed by atoms with E-state index in [0.29, 0.717) is 19.4 Å². The summed E-state index contributed by atoms with van der Waals surface area (Å²) in [5, 5.41) is 23.2. The number of aliphatic hydroxyl groups is 2. The van der Waals surface area contributed by atoms with Crippen LogP contribution >= 0.6 is 0 Å². The molecule has 0 aromatic heterocycles. The van der Waals surface area contributed by atoms with Crippen molar-refractivity contribution < 1.29 is 24.5 Å². The molecule has 0 aliphatic rings. The number of amides is 1. The van der Waals surface area contributed by atoms with Gasteiger partial charge in [-0.1, -0.05) is 268 Å². The quantitative estimate of drug-likeness (QED) is 0.0321. The van der Waals surface area contributed by atoms with Crippen LogP contribution in [0.1, 0.15) is 322 Å². The highest BCUT2D eigenvalue weighted by molar-refractivity contribution is 5.76. The summed E-state index contributed by atoms with van der Waals surface area (Å²) in [7, 11) is 0. The Morgan fingerprint density at radius 1 is 0.400 bits per heavy atom. The lowest BCUT2D eigenvalue weighted by molar-refractivity contribution is -0.143. The van der Waals surface area contributed by atoms with E-state index in [1.165, 1.54) is 231 Å². The number of rotatable bonds is 57. The maximum atomic E-state index is 12.5. The fraction of sp³-hybridized carbons (Fsp3) is 0.844. The van der Waals surface area contributed by atoms with Crippen molar-refractivity contribution in [2.24, 2.45) is 0 Å². The molecule has 2 unspecified atom stereocenters. The highest BCUT2D eigenvalue weighted by Crippen LogP contribution is 2.16. The Labute approximate surface area is 436 Å². The third-order valence-electron chi connectivity index (χ3n) is 14.1. The maximum Gasteiger partial charge on any atom is 0.305 e. The predicted molar refractivity (Wildman–Crippen MR) is 306 cm³/mol. The van der Waals surface area contributed by atoms with E-state index in [9.17, 15) is 19.8 Å². The largest absolute Gasteiger partial charge is 0.466 e. The summed E-state index contributed by atoms with van der Waals surface area (Å²) in [6.45, 7) is 4.87. The van der Waals surface area contributed by atoms with Crippen molar-refractivity contribution in [1.82, 2.24) is 5.32 Å². The molecule has 0 saturated carbocycles. The third kappa shape index (κ3) is 55.1. The molecule has 0 aromatic carbocycles. The molecule has 3 N–H and O–H groups in total. The van der Waals surface area contributed by atoms with Gasteiger partial charge in [-0.3, -0.25) is 9.59 Å². The van der Waals surface area contributed by atoms with Crippen molar-refractivity contribution in [1.29, 1.82) is 0 Å². The number of esters is 1. The smallest absolute Gasteiger partial charge is 0.305 e. The van der Waals surface area contributed by atoms with Crippen LogP contribution in [0.15, 0.2) is 48.6 Å². The molecule has 1 amide bonds. The Kier molecular flexibility index (Phi) is 57.5. The summed E-state index contributed by atoms with van der Waals surface area (Å²) in [5.41, 5.74) is 0. The number of unbranched alkanes of at least 4 members (excludes halogenated alkanes) is 40. The summed E-state index contributed by atoms with van der Waals surface area (Å²) in [5.74, 6) is -0.0895. The Morgan fingerprint density at radius 3 is 1.13 bits per heavy atom. The zero-order chi connectivity index (χ0) is 50.7. The Bertz CT molecular complexity index is 1180. The van der Waals surface area contributed by atoms with E-state index in [1.54, 1.807) is 6.08 Å². The summed E-state index contributed by atoms with van der Waals surface area (Å²) < 4.78 is 5.48. The molecule has 0 saturated heterocycles. The van der Waals surface area contributed by atoms with Gasteiger partial charge in [-0.25, -0.2) is 0 Å². The van der Waals surface area contributed by atoms with Crippen LogP contribution in [0, 0.1) is 0 Å². The molecular formula is C64H119NO5. The van der Waals surface area contributed by atoms with Crippen LogP contribution in [-0.4, -0.2) is 47.4 Å². The summed E-state index contributed by atoms with van der Waals surface area (Å²) >= 11 is 0. The first-order chi connectivity index (χ1) is 34.5. The first kappa shape index (κ1) is 67.8. The van der Waals surface area contributed by atoms with Crippen LogP contribution in [0.4, 0.5) is 0 Å². The maximum absolute atomic E-state index is 12.5. The van der Waals surface area contributed by atoms with Crippen LogP contribution in [-0.2, 0) is 14.3 Å². The number of allylic oxidation sites excluding steroid dienone is 7. The van der Waals surface area contributed by atoms with Crippen molar-refractivity contribution in [2.75, 3.05) is 13.2 Å². The van der Waals surface area contributed by atoms with Gasteiger partial charge < -0.3 is 20.3 Å². The third-order valence-corrected chi connectivity index (χ3v) is 14.1. The van der Waals surface area contributed by atoms with Gasteiger partial charge in [0.05, 0.1) is 25.4 Å². The van der Waals surface area contributed by atoms with Crippen LogP contribution < -0.4 is 5.32 Å². The van der Waals surface area contributed by atoms with Gasteiger partial charge in [0.25, 0.3) is 0 Å². The van der Waals surface area contributed by atoms with Crippen LogP contribution in [0.25, 0.3) is 0 Å². The summed E-state index contributed by atoms with van der Waals surface area (Å²) in [6, 6.07) is -0.639. The normalized spacial score (nSPS) is 12.9. The molecule has 70 heavy (non-hydrogen) atoms. The lowest BCUT2D eigenvalue weighted by Crippen LogP contribution is -2.45. The van der Waals surface area contributed by atoms with Crippen molar-refractivity contribution in [3.63, 3.8) is 0 Å². The molecule has 6 nitrogen and oxygen atoms in total. The SMILES string of the molecule is CCCCC/C=C\C/C=C\CCCCCCCCCC(=O)OCCCCCCCC/C=C\CCCCCCCCCC(=O)NC(CO)C(O)/C=C/CCCCCCCCCCCCCCCCCCC. The number of hydrogen-bond acceptors (Lipinski definition) is 5. The van der Waals surface area contributed by atoms with Gasteiger partial charge in [0, 0.05) is 12.8 Å². The number of aliphatic hydroxyl groups excluding tert-OH is 2. The minimum atomic E-state index is -0.854. The minimum absolute atomic E-state index is 0.0106. The van der Waals surface area contributed by atoms with Gasteiger partial charge >= 0.3 is 5.97 Å². The molecule has 0 rings (SSSR count). The monoisotopic (exact) mass is 982 g/mol. The summed E-state index contributed by atoms with van der Waals surface area (Å²) in [4.78, 5) is 24.6. The highest BCUT2D eigenvalue weighted by Gasteiger charge is 2.18. The zero-order valence-electron chi connectivity index (χ0n) is 46.7. The molecule has 0 aliphatic carbocycles. The number of carbonyl (C=O) groups is 2. The van der Waals surface area contributed by atoms with E-state index >= 15 is 0 Å². The Morgan fingerprint density at radius 2 is 0.714 bits per heavy atom. The van der Waals surface area contributed by atoms with E-state index in [0.717, 1.165) is 64.2 Å². The highest BCUT2D eigenvalue weighted by atomic mass is 16.5. The molecule has 0 radical (unpaired) electrons. The van der Waals surface area contributed by atoms with E-state index < -0.39 is 12.1 Å². The number of carbonyl (C=O) groups excluding carboxylic acids is 2.